The smallest absolute Gasteiger partial charge is 0.332 e. The van der Waals surface area contributed by atoms with E-state index in [1.54, 1.807) is 6.07 Å². The molecule has 0 radical (unpaired) electrons. The topological polar surface area (TPSA) is 146 Å². The molecule has 0 aliphatic rings. The Morgan fingerprint density at radius 2 is 2.06 bits per heavy atom. The molecular formula is C9H12N4O4S. The number of ketones is 1. The monoisotopic (exact) mass is 272 g/mol. The van der Waals surface area contributed by atoms with E-state index < -0.39 is 17.8 Å². The molecule has 0 spiro atoms. The molecule has 0 rings (SSSR count). The van der Waals surface area contributed by atoms with Gasteiger partial charge in [0.05, 0.1) is 12.5 Å². The molecule has 0 atom stereocenters. The van der Waals surface area contributed by atoms with E-state index in [0.717, 1.165) is 11.8 Å². The lowest BCUT2D eigenvalue weighted by Crippen LogP contribution is -2.27. The first kappa shape index (κ1) is 15.9. The molecule has 0 fully saturated rings. The Morgan fingerprint density at radius 3 is 2.56 bits per heavy atom. The SMILES string of the molecule is N#CCCC(=O)/C(=N\NC(N)=O)SCCC(=O)O. The highest BCUT2D eigenvalue weighted by Crippen LogP contribution is 2.09. The summed E-state index contributed by atoms with van der Waals surface area (Å²) in [6, 6.07) is 0.870. The highest BCUT2D eigenvalue weighted by molar-refractivity contribution is 8.15. The summed E-state index contributed by atoms with van der Waals surface area (Å²) in [6.07, 6.45) is -0.171. The normalized spacial score (nSPS) is 10.5. The highest BCUT2D eigenvalue weighted by Gasteiger charge is 2.13. The van der Waals surface area contributed by atoms with Crippen LogP contribution in [0.15, 0.2) is 5.10 Å². The van der Waals surface area contributed by atoms with E-state index in [0.29, 0.717) is 0 Å². The minimum Gasteiger partial charge on any atom is -0.481 e. The molecule has 0 aromatic heterocycles. The number of primary amides is 1. The number of thioether (sulfide) groups is 1. The Hall–Kier alpha value is -2.08. The van der Waals surface area contributed by atoms with E-state index >= 15 is 0 Å². The van der Waals surface area contributed by atoms with Crippen LogP contribution in [0.2, 0.25) is 0 Å². The summed E-state index contributed by atoms with van der Waals surface area (Å²) in [4.78, 5) is 32.3. The molecule has 0 unspecified atom stereocenters. The van der Waals surface area contributed by atoms with E-state index in [9.17, 15) is 14.4 Å². The zero-order valence-corrected chi connectivity index (χ0v) is 10.2. The van der Waals surface area contributed by atoms with Gasteiger partial charge in [-0.25, -0.2) is 10.2 Å². The minimum absolute atomic E-state index is 0.0217. The first-order valence-corrected chi connectivity index (χ1v) is 5.83. The molecular weight excluding hydrogens is 260 g/mol. The molecule has 98 valence electrons. The van der Waals surface area contributed by atoms with Crippen LogP contribution >= 0.6 is 11.8 Å². The number of rotatable bonds is 7. The quantitative estimate of drug-likeness (QED) is 0.339. The zero-order valence-electron chi connectivity index (χ0n) is 9.38. The number of urea groups is 1. The fourth-order valence-electron chi connectivity index (χ4n) is 0.792. The van der Waals surface area contributed by atoms with Gasteiger partial charge in [-0.2, -0.15) is 10.4 Å². The first-order valence-electron chi connectivity index (χ1n) is 4.85. The van der Waals surface area contributed by atoms with Crippen LogP contribution in [-0.2, 0) is 9.59 Å². The summed E-state index contributed by atoms with van der Waals surface area (Å²) in [5.41, 5.74) is 6.69. The average Bonchev–Trinajstić information content (AvgIpc) is 2.29. The molecule has 0 saturated heterocycles. The molecule has 0 heterocycles. The number of nitrogens with zero attached hydrogens (tertiary/aromatic N) is 2. The maximum atomic E-state index is 11.5. The third-order valence-electron chi connectivity index (χ3n) is 1.52. The van der Waals surface area contributed by atoms with E-state index in [1.807, 2.05) is 5.43 Å². The lowest BCUT2D eigenvalue weighted by molar-refractivity contribution is -0.136. The van der Waals surface area contributed by atoms with Crippen molar-refractivity contribution in [2.75, 3.05) is 5.75 Å². The van der Waals surface area contributed by atoms with Crippen molar-refractivity contribution in [1.82, 2.24) is 5.43 Å². The average molecular weight is 272 g/mol. The predicted octanol–water partition coefficient (Wildman–Crippen LogP) is 0.0490. The molecule has 0 aliphatic heterocycles. The number of aliphatic carboxylic acids is 1. The van der Waals surface area contributed by atoms with Crippen LogP contribution in [0.25, 0.3) is 0 Å². The van der Waals surface area contributed by atoms with E-state index in [4.69, 9.17) is 16.1 Å². The molecule has 18 heavy (non-hydrogen) atoms. The van der Waals surface area contributed by atoms with Gasteiger partial charge in [-0.15, -0.1) is 11.8 Å². The number of amides is 2. The van der Waals surface area contributed by atoms with Gasteiger partial charge in [0.2, 0.25) is 0 Å². The molecule has 2 amide bonds. The number of carboxylic acids is 1. The van der Waals surface area contributed by atoms with Gasteiger partial charge in [-0.3, -0.25) is 9.59 Å². The second-order valence-electron chi connectivity index (χ2n) is 2.97. The second kappa shape index (κ2) is 9.00. The van der Waals surface area contributed by atoms with Crippen molar-refractivity contribution in [1.29, 1.82) is 5.26 Å². The van der Waals surface area contributed by atoms with Crippen LogP contribution < -0.4 is 11.2 Å². The maximum absolute atomic E-state index is 11.5. The van der Waals surface area contributed by atoms with Crippen LogP contribution in [-0.4, -0.2) is 33.7 Å². The molecule has 4 N–H and O–H groups in total. The Labute approximate surface area is 107 Å². The van der Waals surface area contributed by atoms with Gasteiger partial charge < -0.3 is 10.8 Å². The summed E-state index contributed by atoms with van der Waals surface area (Å²) in [7, 11) is 0. The highest BCUT2D eigenvalue weighted by atomic mass is 32.2. The summed E-state index contributed by atoms with van der Waals surface area (Å²) in [5.74, 6) is -1.32. The fourth-order valence-corrected chi connectivity index (χ4v) is 1.64. The molecule has 0 saturated carbocycles. The number of nitriles is 1. The number of Topliss-reactive ketones (excluding diaryl/α,β-unsaturated/α-hetero) is 1. The van der Waals surface area contributed by atoms with Crippen LogP contribution in [0.5, 0.6) is 0 Å². The van der Waals surface area contributed by atoms with Crippen molar-refractivity contribution < 1.29 is 19.5 Å². The summed E-state index contributed by atoms with van der Waals surface area (Å²) in [5, 5.41) is 20.2. The van der Waals surface area contributed by atoms with Gasteiger partial charge in [-0.05, 0) is 0 Å². The number of nitrogens with one attached hydrogen (secondary N) is 1. The van der Waals surface area contributed by atoms with Crippen molar-refractivity contribution in [3.8, 4) is 6.07 Å². The summed E-state index contributed by atoms with van der Waals surface area (Å²) >= 11 is 0.890. The van der Waals surface area contributed by atoms with Gasteiger partial charge in [0, 0.05) is 18.6 Å². The number of hydrazone groups is 1. The number of carbonyl (C=O) groups excluding carboxylic acids is 2. The number of carboxylic acid groups (broad SMARTS) is 1. The van der Waals surface area contributed by atoms with E-state index in [1.165, 1.54) is 0 Å². The lowest BCUT2D eigenvalue weighted by atomic mass is 10.2. The van der Waals surface area contributed by atoms with E-state index in [-0.39, 0.29) is 30.1 Å². The van der Waals surface area contributed by atoms with Crippen molar-refractivity contribution in [2.45, 2.75) is 19.3 Å². The van der Waals surface area contributed by atoms with Crippen LogP contribution in [0.3, 0.4) is 0 Å². The Kier molecular flexibility index (Phi) is 7.96. The fraction of sp³-hybridized carbons (Fsp3) is 0.444. The number of nitrogens with two attached hydrogens (primary N) is 1. The largest absolute Gasteiger partial charge is 0.481 e. The Morgan fingerprint density at radius 1 is 1.39 bits per heavy atom. The Balaban J connectivity index is 4.46. The van der Waals surface area contributed by atoms with Crippen molar-refractivity contribution in [3.63, 3.8) is 0 Å². The number of hydrogen-bond donors (Lipinski definition) is 3. The lowest BCUT2D eigenvalue weighted by Gasteiger charge is -2.03. The van der Waals surface area contributed by atoms with Crippen molar-refractivity contribution in [2.24, 2.45) is 10.8 Å². The number of carbonyl (C=O) groups is 3. The minimum atomic E-state index is -1.01. The number of hydrogen-bond acceptors (Lipinski definition) is 6. The molecule has 0 aliphatic carbocycles. The van der Waals surface area contributed by atoms with Gasteiger partial charge in [0.25, 0.3) is 0 Å². The van der Waals surface area contributed by atoms with E-state index in [2.05, 4.69) is 5.10 Å². The third-order valence-corrected chi connectivity index (χ3v) is 2.53. The third kappa shape index (κ3) is 8.12. The van der Waals surface area contributed by atoms with Crippen LogP contribution in [0.1, 0.15) is 19.3 Å². The standard InChI is InChI=1S/C9H12N4O4S/c10-4-1-2-6(14)8(12-13-9(11)17)18-5-3-7(15)16/h1-3,5H2,(H,15,16)(H3,11,13,17)/b12-8+. The molecule has 0 aromatic carbocycles. The van der Waals surface area contributed by atoms with Gasteiger partial charge in [0.15, 0.2) is 10.8 Å². The van der Waals surface area contributed by atoms with Gasteiger partial charge in [0.1, 0.15) is 0 Å². The van der Waals surface area contributed by atoms with Gasteiger partial charge in [-0.1, -0.05) is 0 Å². The van der Waals surface area contributed by atoms with Crippen molar-refractivity contribution >= 4 is 34.6 Å². The second-order valence-corrected chi connectivity index (χ2v) is 4.05. The molecule has 0 bridgehead atoms. The molecule has 0 aromatic rings. The first-order chi connectivity index (χ1) is 8.47. The summed E-state index contributed by atoms with van der Waals surface area (Å²) < 4.78 is 0. The maximum Gasteiger partial charge on any atom is 0.332 e. The predicted molar refractivity (Wildman–Crippen MR) is 64.7 cm³/mol. The Bertz CT molecular complexity index is 402. The summed E-state index contributed by atoms with van der Waals surface area (Å²) in [6.45, 7) is 0. The van der Waals surface area contributed by atoms with Crippen molar-refractivity contribution in [3.05, 3.63) is 0 Å². The van der Waals surface area contributed by atoms with Crippen LogP contribution in [0, 0.1) is 11.3 Å². The molecule has 9 heteroatoms. The molecule has 8 nitrogen and oxygen atoms in total. The zero-order chi connectivity index (χ0) is 14.0. The van der Waals surface area contributed by atoms with Crippen LogP contribution in [0.4, 0.5) is 4.79 Å². The van der Waals surface area contributed by atoms with Gasteiger partial charge >= 0.3 is 12.0 Å².